The third kappa shape index (κ3) is 1.51. The Morgan fingerprint density at radius 1 is 1.21 bits per heavy atom. The molecule has 0 aliphatic carbocycles. The van der Waals surface area contributed by atoms with Gasteiger partial charge in [0.1, 0.15) is 5.75 Å². The van der Waals surface area contributed by atoms with E-state index in [1.54, 1.807) is 17.4 Å². The van der Waals surface area contributed by atoms with Crippen LogP contribution in [0.25, 0.3) is 10.4 Å². The van der Waals surface area contributed by atoms with Gasteiger partial charge in [0, 0.05) is 5.56 Å². The first-order valence-corrected chi connectivity index (χ1v) is 5.22. The molecular weight excluding hydrogens is 194 g/mol. The Kier molecular flexibility index (Phi) is 2.25. The fraction of sp³-hybridized carbons (Fsp3) is 0.182. The number of phenolic OH excluding ortho intramolecular Hbond substituents is 1. The van der Waals surface area contributed by atoms with Crippen molar-refractivity contribution in [2.45, 2.75) is 13.8 Å². The maximum Gasteiger partial charge on any atom is 0.124 e. The topological polar surface area (TPSA) is 33.1 Å². The van der Waals surface area contributed by atoms with Gasteiger partial charge in [-0.05, 0) is 26.0 Å². The van der Waals surface area contributed by atoms with Gasteiger partial charge in [-0.25, -0.2) is 4.98 Å². The molecule has 3 heteroatoms. The third-order valence-corrected chi connectivity index (χ3v) is 3.16. The molecule has 2 nitrogen and oxygen atoms in total. The number of aromatic hydroxyl groups is 1. The van der Waals surface area contributed by atoms with Gasteiger partial charge in [-0.1, -0.05) is 12.1 Å². The van der Waals surface area contributed by atoms with Gasteiger partial charge in [0.25, 0.3) is 0 Å². The number of aryl methyl sites for hydroxylation is 2. The molecule has 0 spiro atoms. The van der Waals surface area contributed by atoms with Gasteiger partial charge in [0.2, 0.25) is 0 Å². The molecule has 0 aliphatic rings. The number of hydrogen-bond donors (Lipinski definition) is 1. The molecule has 1 N–H and O–H groups in total. The smallest absolute Gasteiger partial charge is 0.124 e. The van der Waals surface area contributed by atoms with Crippen molar-refractivity contribution in [3.63, 3.8) is 0 Å². The molecule has 2 aromatic rings. The molecule has 0 atom stereocenters. The van der Waals surface area contributed by atoms with Crippen molar-refractivity contribution in [1.82, 2.24) is 4.98 Å². The highest BCUT2D eigenvalue weighted by Gasteiger charge is 2.10. The predicted molar refractivity (Wildman–Crippen MR) is 58.7 cm³/mol. The number of benzene rings is 1. The summed E-state index contributed by atoms with van der Waals surface area (Å²) in [5.41, 5.74) is 1.85. The molecule has 2 rings (SSSR count). The highest BCUT2D eigenvalue weighted by Crippen LogP contribution is 2.35. The van der Waals surface area contributed by atoms with E-state index in [0.717, 1.165) is 21.1 Å². The number of thiazole rings is 1. The molecule has 1 aromatic carbocycles. The van der Waals surface area contributed by atoms with Crippen LogP contribution in [-0.4, -0.2) is 10.1 Å². The molecule has 0 unspecified atom stereocenters. The highest BCUT2D eigenvalue weighted by molar-refractivity contribution is 7.15. The molecule has 0 fully saturated rings. The summed E-state index contributed by atoms with van der Waals surface area (Å²) in [7, 11) is 0. The van der Waals surface area contributed by atoms with Crippen molar-refractivity contribution < 1.29 is 5.11 Å². The average Bonchev–Trinajstić information content (AvgIpc) is 2.46. The standard InChI is InChI=1S/C11H11NOS/c1-7-11(14-8(2)12-7)9-5-3-4-6-10(9)13/h3-6,13H,1-2H3. The summed E-state index contributed by atoms with van der Waals surface area (Å²) in [6.45, 7) is 3.94. The number of aromatic nitrogens is 1. The molecule has 0 saturated carbocycles. The van der Waals surface area contributed by atoms with Crippen molar-refractivity contribution in [2.75, 3.05) is 0 Å². The zero-order valence-electron chi connectivity index (χ0n) is 8.11. The van der Waals surface area contributed by atoms with Crippen LogP contribution in [0.15, 0.2) is 24.3 Å². The highest BCUT2D eigenvalue weighted by atomic mass is 32.1. The number of rotatable bonds is 1. The van der Waals surface area contributed by atoms with Crippen LogP contribution >= 0.6 is 11.3 Å². The molecule has 0 amide bonds. The molecule has 1 aromatic heterocycles. The van der Waals surface area contributed by atoms with Crippen molar-refractivity contribution in [2.24, 2.45) is 0 Å². The van der Waals surface area contributed by atoms with Crippen LogP contribution in [-0.2, 0) is 0 Å². The molecule has 1 heterocycles. The van der Waals surface area contributed by atoms with Gasteiger partial charge < -0.3 is 5.11 Å². The van der Waals surface area contributed by atoms with Crippen molar-refractivity contribution >= 4 is 11.3 Å². The summed E-state index contributed by atoms with van der Waals surface area (Å²) in [6.07, 6.45) is 0. The first-order chi connectivity index (χ1) is 6.68. The first-order valence-electron chi connectivity index (χ1n) is 4.41. The molecule has 0 saturated heterocycles. The maximum atomic E-state index is 9.68. The van der Waals surface area contributed by atoms with E-state index in [2.05, 4.69) is 4.98 Å². The maximum absolute atomic E-state index is 9.68. The summed E-state index contributed by atoms with van der Waals surface area (Å²) in [6, 6.07) is 7.35. The van der Waals surface area contributed by atoms with Gasteiger partial charge >= 0.3 is 0 Å². The second kappa shape index (κ2) is 3.42. The van der Waals surface area contributed by atoms with Gasteiger partial charge in [-0.2, -0.15) is 0 Å². The van der Waals surface area contributed by atoms with Crippen LogP contribution in [0.3, 0.4) is 0 Å². The largest absolute Gasteiger partial charge is 0.507 e. The van der Waals surface area contributed by atoms with E-state index in [4.69, 9.17) is 0 Å². The summed E-state index contributed by atoms with van der Waals surface area (Å²) < 4.78 is 0. The van der Waals surface area contributed by atoms with Crippen molar-refractivity contribution in [1.29, 1.82) is 0 Å². The Bertz CT molecular complexity index is 462. The summed E-state index contributed by atoms with van der Waals surface area (Å²) in [5.74, 6) is 0.319. The lowest BCUT2D eigenvalue weighted by Crippen LogP contribution is -1.78. The molecular formula is C11H11NOS. The Hall–Kier alpha value is -1.35. The first kappa shape index (κ1) is 9.21. The van der Waals surface area contributed by atoms with Crippen molar-refractivity contribution in [3.05, 3.63) is 35.0 Å². The molecule has 0 aliphatic heterocycles. The van der Waals surface area contributed by atoms with Gasteiger partial charge in [0.15, 0.2) is 0 Å². The SMILES string of the molecule is Cc1nc(C)c(-c2ccccc2O)s1. The van der Waals surface area contributed by atoms with E-state index < -0.39 is 0 Å². The fourth-order valence-electron chi connectivity index (χ4n) is 1.45. The Morgan fingerprint density at radius 3 is 2.50 bits per heavy atom. The minimum Gasteiger partial charge on any atom is -0.507 e. The third-order valence-electron chi connectivity index (χ3n) is 2.05. The van der Waals surface area contributed by atoms with E-state index in [9.17, 15) is 5.11 Å². The van der Waals surface area contributed by atoms with E-state index in [1.807, 2.05) is 32.0 Å². The molecule has 0 radical (unpaired) electrons. The second-order valence-corrected chi connectivity index (χ2v) is 4.37. The quantitative estimate of drug-likeness (QED) is 0.775. The zero-order valence-corrected chi connectivity index (χ0v) is 8.93. The van der Waals surface area contributed by atoms with Crippen LogP contribution in [0.2, 0.25) is 0 Å². The van der Waals surface area contributed by atoms with Crippen LogP contribution < -0.4 is 0 Å². The normalized spacial score (nSPS) is 10.4. The van der Waals surface area contributed by atoms with Crippen LogP contribution in [0.1, 0.15) is 10.7 Å². The molecule has 72 valence electrons. The summed E-state index contributed by atoms with van der Waals surface area (Å²) in [4.78, 5) is 5.39. The van der Waals surface area contributed by atoms with Crippen LogP contribution in [0.5, 0.6) is 5.75 Å². The minimum atomic E-state index is 0.319. The van der Waals surface area contributed by atoms with Gasteiger partial charge in [-0.15, -0.1) is 11.3 Å². The summed E-state index contributed by atoms with van der Waals surface area (Å²) in [5, 5.41) is 10.7. The molecule has 14 heavy (non-hydrogen) atoms. The van der Waals surface area contributed by atoms with E-state index in [-0.39, 0.29) is 0 Å². The fourth-order valence-corrected chi connectivity index (χ4v) is 2.40. The van der Waals surface area contributed by atoms with Gasteiger partial charge in [0.05, 0.1) is 15.6 Å². The number of hydrogen-bond acceptors (Lipinski definition) is 3. The average molecular weight is 205 g/mol. The van der Waals surface area contributed by atoms with E-state index in [0.29, 0.717) is 5.75 Å². The number of nitrogens with zero attached hydrogens (tertiary/aromatic N) is 1. The lowest BCUT2D eigenvalue weighted by atomic mass is 10.1. The van der Waals surface area contributed by atoms with Crippen molar-refractivity contribution in [3.8, 4) is 16.2 Å². The number of para-hydroxylation sites is 1. The molecule has 0 bridgehead atoms. The monoisotopic (exact) mass is 205 g/mol. The van der Waals surface area contributed by atoms with E-state index in [1.165, 1.54) is 0 Å². The Morgan fingerprint density at radius 2 is 1.93 bits per heavy atom. The Labute approximate surface area is 86.9 Å². The lowest BCUT2D eigenvalue weighted by molar-refractivity contribution is 0.477. The number of phenols is 1. The minimum absolute atomic E-state index is 0.319. The predicted octanol–water partition coefficient (Wildman–Crippen LogP) is 3.13. The van der Waals surface area contributed by atoms with E-state index >= 15 is 0 Å². The zero-order chi connectivity index (χ0) is 10.1. The van der Waals surface area contributed by atoms with Crippen LogP contribution in [0, 0.1) is 13.8 Å². The second-order valence-electron chi connectivity index (χ2n) is 3.16. The van der Waals surface area contributed by atoms with Crippen LogP contribution in [0.4, 0.5) is 0 Å². The lowest BCUT2D eigenvalue weighted by Gasteiger charge is -2.00. The summed E-state index contributed by atoms with van der Waals surface area (Å²) >= 11 is 1.61. The van der Waals surface area contributed by atoms with Gasteiger partial charge in [-0.3, -0.25) is 0 Å². The Balaban J connectivity index is 2.60.